The summed E-state index contributed by atoms with van der Waals surface area (Å²) >= 11 is 0. The first kappa shape index (κ1) is 15.3. The molecule has 1 aromatic rings. The van der Waals surface area contributed by atoms with Gasteiger partial charge in [-0.05, 0) is 31.0 Å². The Balaban J connectivity index is 2.17. The third-order valence-electron chi connectivity index (χ3n) is 4.33. The van der Waals surface area contributed by atoms with Gasteiger partial charge in [0.25, 0.3) is 0 Å². The van der Waals surface area contributed by atoms with Crippen LogP contribution < -0.4 is 5.43 Å². The Morgan fingerprint density at radius 3 is 2.50 bits per heavy atom. The first-order valence-corrected chi connectivity index (χ1v) is 10.0. The molecule has 1 saturated carbocycles. The minimum absolute atomic E-state index is 0.115. The van der Waals surface area contributed by atoms with Crippen LogP contribution in [0.2, 0.25) is 18.1 Å². The molecule has 0 unspecified atom stereocenters. The molecule has 0 aliphatic heterocycles. The smallest absolute Gasteiger partial charge is 0.227 e. The minimum atomic E-state index is -1.87. The van der Waals surface area contributed by atoms with Gasteiger partial charge in [-0.1, -0.05) is 20.8 Å². The van der Waals surface area contributed by atoms with E-state index in [1.807, 2.05) is 0 Å². The standard InChI is InChI=1S/C15H24O4Si/c1-15(2,3)20(4,5)18-9-11-8-12(16)13(17)14(19-11)10-6-7-10/h8,10,17H,6-7,9H2,1-5H3. The molecule has 20 heavy (non-hydrogen) atoms. The predicted octanol–water partition coefficient (Wildman–Crippen LogP) is 3.74. The average molecular weight is 296 g/mol. The van der Waals surface area contributed by atoms with Crippen molar-refractivity contribution in [1.29, 1.82) is 0 Å². The van der Waals surface area contributed by atoms with Gasteiger partial charge in [0, 0.05) is 12.0 Å². The van der Waals surface area contributed by atoms with Crippen molar-refractivity contribution in [3.63, 3.8) is 0 Å². The van der Waals surface area contributed by atoms with Crippen LogP contribution in [0.1, 0.15) is 51.1 Å². The van der Waals surface area contributed by atoms with E-state index < -0.39 is 8.32 Å². The van der Waals surface area contributed by atoms with Crippen molar-refractivity contribution in [1.82, 2.24) is 0 Å². The lowest BCUT2D eigenvalue weighted by atomic mass is 10.2. The van der Waals surface area contributed by atoms with Crippen LogP contribution in [0.4, 0.5) is 0 Å². The number of hydrogen-bond donors (Lipinski definition) is 1. The summed E-state index contributed by atoms with van der Waals surface area (Å²) in [5.41, 5.74) is -0.369. The van der Waals surface area contributed by atoms with Crippen molar-refractivity contribution in [2.75, 3.05) is 0 Å². The zero-order chi connectivity index (χ0) is 15.1. The Morgan fingerprint density at radius 2 is 2.00 bits per heavy atom. The topological polar surface area (TPSA) is 59.7 Å². The van der Waals surface area contributed by atoms with Crippen LogP contribution in [0, 0.1) is 0 Å². The lowest BCUT2D eigenvalue weighted by Crippen LogP contribution is -2.40. The summed E-state index contributed by atoms with van der Waals surface area (Å²) in [6.45, 7) is 11.1. The fourth-order valence-corrected chi connectivity index (χ4v) is 2.65. The Hall–Kier alpha value is -1.07. The number of hydrogen-bond acceptors (Lipinski definition) is 4. The van der Waals surface area contributed by atoms with Crippen LogP contribution in [0.5, 0.6) is 5.75 Å². The molecule has 0 amide bonds. The second-order valence-electron chi connectivity index (χ2n) is 7.11. The van der Waals surface area contributed by atoms with Gasteiger partial charge in [-0.15, -0.1) is 0 Å². The molecule has 1 aliphatic carbocycles. The van der Waals surface area contributed by atoms with Crippen molar-refractivity contribution < 1.29 is 13.9 Å². The van der Waals surface area contributed by atoms with Crippen LogP contribution in [0.3, 0.4) is 0 Å². The Morgan fingerprint density at radius 1 is 1.40 bits per heavy atom. The summed E-state index contributed by atoms with van der Waals surface area (Å²) in [7, 11) is -1.87. The molecule has 112 valence electrons. The van der Waals surface area contributed by atoms with E-state index in [9.17, 15) is 9.90 Å². The molecule has 1 heterocycles. The zero-order valence-corrected chi connectivity index (χ0v) is 13.9. The van der Waals surface area contributed by atoms with Crippen LogP contribution in [0.15, 0.2) is 15.3 Å². The second kappa shape index (κ2) is 5.04. The summed E-state index contributed by atoms with van der Waals surface area (Å²) in [5, 5.41) is 9.87. The SMILES string of the molecule is CC(C)(C)[Si](C)(C)OCc1cc(=O)c(O)c(C2CC2)o1. The molecule has 0 saturated heterocycles. The third kappa shape index (κ3) is 3.15. The maximum absolute atomic E-state index is 11.8. The molecule has 0 spiro atoms. The molecule has 1 N–H and O–H groups in total. The summed E-state index contributed by atoms with van der Waals surface area (Å²) in [5.74, 6) is 0.921. The van der Waals surface area contributed by atoms with E-state index in [2.05, 4.69) is 33.9 Å². The fraction of sp³-hybridized carbons (Fsp3) is 0.667. The molecule has 0 atom stereocenters. The van der Waals surface area contributed by atoms with Crippen molar-refractivity contribution in [2.24, 2.45) is 0 Å². The van der Waals surface area contributed by atoms with E-state index in [-0.39, 0.29) is 22.1 Å². The predicted molar refractivity (Wildman–Crippen MR) is 80.6 cm³/mol. The van der Waals surface area contributed by atoms with E-state index >= 15 is 0 Å². The molecular weight excluding hydrogens is 272 g/mol. The van der Waals surface area contributed by atoms with Gasteiger partial charge in [-0.3, -0.25) is 4.79 Å². The quantitative estimate of drug-likeness (QED) is 0.860. The van der Waals surface area contributed by atoms with E-state index in [0.717, 1.165) is 12.8 Å². The van der Waals surface area contributed by atoms with Gasteiger partial charge in [0.15, 0.2) is 14.1 Å². The molecule has 5 heteroatoms. The molecule has 0 radical (unpaired) electrons. The average Bonchev–Trinajstić information content (AvgIpc) is 3.13. The number of rotatable bonds is 4. The first-order chi connectivity index (χ1) is 9.12. The molecule has 0 bridgehead atoms. The van der Waals surface area contributed by atoms with E-state index in [0.29, 0.717) is 18.1 Å². The summed E-state index contributed by atoms with van der Waals surface area (Å²) in [6.07, 6.45) is 1.95. The minimum Gasteiger partial charge on any atom is -0.502 e. The fourth-order valence-electron chi connectivity index (χ4n) is 1.72. The van der Waals surface area contributed by atoms with Crippen LogP contribution in [-0.2, 0) is 11.0 Å². The van der Waals surface area contributed by atoms with Gasteiger partial charge in [-0.2, -0.15) is 0 Å². The highest BCUT2D eigenvalue weighted by Gasteiger charge is 2.37. The zero-order valence-electron chi connectivity index (χ0n) is 12.9. The Bertz CT molecular complexity index is 550. The highest BCUT2D eigenvalue weighted by Crippen LogP contribution is 2.43. The van der Waals surface area contributed by atoms with Crippen LogP contribution in [-0.4, -0.2) is 13.4 Å². The van der Waals surface area contributed by atoms with Gasteiger partial charge >= 0.3 is 0 Å². The van der Waals surface area contributed by atoms with E-state index in [1.54, 1.807) is 0 Å². The van der Waals surface area contributed by atoms with Gasteiger partial charge in [0.2, 0.25) is 11.2 Å². The summed E-state index contributed by atoms with van der Waals surface area (Å²) in [6, 6.07) is 1.34. The van der Waals surface area contributed by atoms with Gasteiger partial charge in [0.05, 0.1) is 6.61 Å². The van der Waals surface area contributed by atoms with Gasteiger partial charge < -0.3 is 13.9 Å². The summed E-state index contributed by atoms with van der Waals surface area (Å²) in [4.78, 5) is 11.8. The normalized spacial score (nSPS) is 16.4. The Kier molecular flexibility index (Phi) is 3.86. The highest BCUT2D eigenvalue weighted by atomic mass is 28.4. The molecular formula is C15H24O4Si. The van der Waals surface area contributed by atoms with Crippen molar-refractivity contribution in [2.45, 2.75) is 64.3 Å². The molecule has 0 aromatic carbocycles. The summed E-state index contributed by atoms with van der Waals surface area (Å²) < 4.78 is 11.7. The Labute approximate surface area is 120 Å². The van der Waals surface area contributed by atoms with Gasteiger partial charge in [-0.25, -0.2) is 0 Å². The van der Waals surface area contributed by atoms with Crippen molar-refractivity contribution in [3.8, 4) is 5.75 Å². The van der Waals surface area contributed by atoms with Crippen molar-refractivity contribution >= 4 is 8.32 Å². The maximum Gasteiger partial charge on any atom is 0.227 e. The molecule has 1 fully saturated rings. The highest BCUT2D eigenvalue weighted by molar-refractivity contribution is 6.74. The first-order valence-electron chi connectivity index (χ1n) is 7.11. The largest absolute Gasteiger partial charge is 0.502 e. The van der Waals surface area contributed by atoms with Gasteiger partial charge in [0.1, 0.15) is 5.76 Å². The van der Waals surface area contributed by atoms with E-state index in [4.69, 9.17) is 8.84 Å². The van der Waals surface area contributed by atoms with Crippen LogP contribution in [0.25, 0.3) is 0 Å². The maximum atomic E-state index is 11.8. The lowest BCUT2D eigenvalue weighted by molar-refractivity contribution is 0.235. The number of aromatic hydroxyl groups is 1. The molecule has 1 aliphatic rings. The van der Waals surface area contributed by atoms with E-state index in [1.165, 1.54) is 6.07 Å². The lowest BCUT2D eigenvalue weighted by Gasteiger charge is -2.35. The molecule has 4 nitrogen and oxygen atoms in total. The molecule has 2 rings (SSSR count). The monoisotopic (exact) mass is 296 g/mol. The second-order valence-corrected chi connectivity index (χ2v) is 11.9. The van der Waals surface area contributed by atoms with Crippen molar-refractivity contribution in [3.05, 3.63) is 27.8 Å². The van der Waals surface area contributed by atoms with Crippen LogP contribution >= 0.6 is 0 Å². The molecule has 1 aromatic heterocycles. The third-order valence-corrected chi connectivity index (χ3v) is 8.81.